The predicted octanol–water partition coefficient (Wildman–Crippen LogP) is 2.76. The molecule has 0 aliphatic rings. The molecule has 2 rings (SSSR count). The van der Waals surface area contributed by atoms with Crippen molar-refractivity contribution in [1.82, 2.24) is 4.57 Å². The molecular weight excluding hydrogens is 276 g/mol. The molecule has 0 saturated heterocycles. The van der Waals surface area contributed by atoms with E-state index >= 15 is 0 Å². The number of nitrogens with one attached hydrogen (secondary N) is 1. The number of benzene rings is 1. The fraction of sp³-hybridized carbons (Fsp3) is 0.200. The van der Waals surface area contributed by atoms with E-state index in [2.05, 4.69) is 5.32 Å². The van der Waals surface area contributed by atoms with Crippen LogP contribution in [0.3, 0.4) is 0 Å². The molecule has 104 valence electrons. The number of hydrogen-bond donors (Lipinski definition) is 1. The number of aryl methyl sites for hydroxylation is 2. The molecule has 1 aromatic heterocycles. The summed E-state index contributed by atoms with van der Waals surface area (Å²) in [7, 11) is 0. The summed E-state index contributed by atoms with van der Waals surface area (Å²) in [5.41, 5.74) is 2.29. The summed E-state index contributed by atoms with van der Waals surface area (Å²) in [4.78, 5) is 23.5. The van der Waals surface area contributed by atoms with Crippen molar-refractivity contribution in [3.05, 3.63) is 63.0 Å². The summed E-state index contributed by atoms with van der Waals surface area (Å²) in [6.07, 6.45) is 1.66. The van der Waals surface area contributed by atoms with Gasteiger partial charge in [0.05, 0.1) is 0 Å². The maximum atomic E-state index is 11.9. The van der Waals surface area contributed by atoms with Crippen molar-refractivity contribution in [2.75, 3.05) is 5.32 Å². The second-order valence-electron chi connectivity index (χ2n) is 4.68. The molecule has 4 nitrogen and oxygen atoms in total. The molecule has 5 heteroatoms. The third-order valence-electron chi connectivity index (χ3n) is 2.90. The summed E-state index contributed by atoms with van der Waals surface area (Å²) in [5, 5.41) is 3.32. The van der Waals surface area contributed by atoms with E-state index in [1.807, 2.05) is 19.9 Å². The molecule has 0 saturated carbocycles. The molecule has 0 bridgehead atoms. The molecule has 0 atom stereocenters. The van der Waals surface area contributed by atoms with E-state index in [4.69, 9.17) is 11.6 Å². The Morgan fingerprint density at radius 1 is 1.25 bits per heavy atom. The first-order valence-corrected chi connectivity index (χ1v) is 6.56. The minimum Gasteiger partial charge on any atom is -0.324 e. The first-order valence-electron chi connectivity index (χ1n) is 6.19. The van der Waals surface area contributed by atoms with Crippen LogP contribution < -0.4 is 10.9 Å². The fourth-order valence-electron chi connectivity index (χ4n) is 1.80. The van der Waals surface area contributed by atoms with Gasteiger partial charge in [0.2, 0.25) is 5.91 Å². The smallest absolute Gasteiger partial charge is 0.251 e. The highest BCUT2D eigenvalue weighted by molar-refractivity contribution is 6.31. The van der Waals surface area contributed by atoms with Gasteiger partial charge in [-0.25, -0.2) is 0 Å². The van der Waals surface area contributed by atoms with Crippen LogP contribution in [-0.4, -0.2) is 10.5 Å². The van der Waals surface area contributed by atoms with Crippen LogP contribution in [0.25, 0.3) is 0 Å². The van der Waals surface area contributed by atoms with Gasteiger partial charge in [0.25, 0.3) is 5.56 Å². The van der Waals surface area contributed by atoms with E-state index in [0.717, 1.165) is 11.1 Å². The molecule has 0 spiro atoms. The summed E-state index contributed by atoms with van der Waals surface area (Å²) in [6.45, 7) is 3.74. The monoisotopic (exact) mass is 290 g/mol. The van der Waals surface area contributed by atoms with Crippen molar-refractivity contribution in [2.45, 2.75) is 20.4 Å². The van der Waals surface area contributed by atoms with Crippen molar-refractivity contribution in [2.24, 2.45) is 0 Å². The molecule has 1 aromatic carbocycles. The topological polar surface area (TPSA) is 51.1 Å². The number of anilines is 1. The molecule has 0 radical (unpaired) electrons. The van der Waals surface area contributed by atoms with Crippen LogP contribution in [0.5, 0.6) is 0 Å². The van der Waals surface area contributed by atoms with E-state index in [0.29, 0.717) is 10.7 Å². The summed E-state index contributed by atoms with van der Waals surface area (Å²) < 4.78 is 1.38. The molecule has 1 amide bonds. The Bertz CT molecular complexity index is 707. The van der Waals surface area contributed by atoms with Crippen molar-refractivity contribution in [3.63, 3.8) is 0 Å². The fourth-order valence-corrected chi connectivity index (χ4v) is 1.98. The van der Waals surface area contributed by atoms with Gasteiger partial charge in [-0.1, -0.05) is 23.7 Å². The number of amides is 1. The van der Waals surface area contributed by atoms with Crippen LogP contribution in [0.15, 0.2) is 41.3 Å². The highest BCUT2D eigenvalue weighted by Crippen LogP contribution is 2.19. The average Bonchev–Trinajstić information content (AvgIpc) is 2.38. The molecule has 20 heavy (non-hydrogen) atoms. The molecule has 0 unspecified atom stereocenters. The van der Waals surface area contributed by atoms with Gasteiger partial charge in [-0.2, -0.15) is 0 Å². The highest BCUT2D eigenvalue weighted by Gasteiger charge is 2.06. The Morgan fingerprint density at radius 3 is 2.70 bits per heavy atom. The number of nitrogens with zero attached hydrogens (tertiary/aromatic N) is 1. The number of halogens is 1. The maximum absolute atomic E-state index is 11.9. The molecule has 0 aliphatic carbocycles. The zero-order valence-electron chi connectivity index (χ0n) is 11.3. The van der Waals surface area contributed by atoms with Crippen LogP contribution in [0, 0.1) is 13.8 Å². The molecular formula is C15H15ClN2O2. The molecule has 0 fully saturated rings. The molecule has 0 aliphatic heterocycles. The Kier molecular flexibility index (Phi) is 4.25. The normalized spacial score (nSPS) is 10.3. The minimum absolute atomic E-state index is 0.0218. The Labute approximate surface area is 122 Å². The van der Waals surface area contributed by atoms with Gasteiger partial charge < -0.3 is 9.88 Å². The van der Waals surface area contributed by atoms with Gasteiger partial charge in [-0.3, -0.25) is 9.59 Å². The standard InChI is InChI=1S/C15H15ClN2O2/c1-10-3-6-15(20)18(8-10)9-14(19)17-12-5-4-11(2)13(16)7-12/h3-8H,9H2,1-2H3,(H,17,19). The van der Waals surface area contributed by atoms with Crippen LogP contribution in [0.4, 0.5) is 5.69 Å². The van der Waals surface area contributed by atoms with Crippen molar-refractivity contribution >= 4 is 23.2 Å². The quantitative estimate of drug-likeness (QED) is 0.945. The van der Waals surface area contributed by atoms with Crippen LogP contribution in [-0.2, 0) is 11.3 Å². The average molecular weight is 291 g/mol. The Hall–Kier alpha value is -2.07. The van der Waals surface area contributed by atoms with Gasteiger partial charge in [-0.05, 0) is 37.1 Å². The second kappa shape index (κ2) is 5.92. The van der Waals surface area contributed by atoms with Crippen molar-refractivity contribution in [1.29, 1.82) is 0 Å². The lowest BCUT2D eigenvalue weighted by Gasteiger charge is -2.09. The highest BCUT2D eigenvalue weighted by atomic mass is 35.5. The lowest BCUT2D eigenvalue weighted by molar-refractivity contribution is -0.116. The van der Waals surface area contributed by atoms with Gasteiger partial charge in [0, 0.05) is 23.0 Å². The van der Waals surface area contributed by atoms with Crippen molar-refractivity contribution < 1.29 is 4.79 Å². The van der Waals surface area contributed by atoms with E-state index in [1.165, 1.54) is 10.6 Å². The summed E-state index contributed by atoms with van der Waals surface area (Å²) >= 11 is 6.00. The number of pyridine rings is 1. The van der Waals surface area contributed by atoms with Gasteiger partial charge in [-0.15, -0.1) is 0 Å². The lowest BCUT2D eigenvalue weighted by atomic mass is 10.2. The van der Waals surface area contributed by atoms with E-state index in [-0.39, 0.29) is 18.0 Å². The molecule has 1 N–H and O–H groups in total. The van der Waals surface area contributed by atoms with E-state index in [9.17, 15) is 9.59 Å². The largest absolute Gasteiger partial charge is 0.324 e. The van der Waals surface area contributed by atoms with Crippen molar-refractivity contribution in [3.8, 4) is 0 Å². The first kappa shape index (κ1) is 14.3. The third kappa shape index (κ3) is 3.48. The maximum Gasteiger partial charge on any atom is 0.251 e. The van der Waals surface area contributed by atoms with Crippen LogP contribution in [0.2, 0.25) is 5.02 Å². The molecule has 2 aromatic rings. The van der Waals surface area contributed by atoms with Gasteiger partial charge >= 0.3 is 0 Å². The number of aromatic nitrogens is 1. The lowest BCUT2D eigenvalue weighted by Crippen LogP contribution is -2.26. The first-order chi connectivity index (χ1) is 9.45. The molecule has 1 heterocycles. The zero-order valence-corrected chi connectivity index (χ0v) is 12.1. The minimum atomic E-state index is -0.266. The number of hydrogen-bond acceptors (Lipinski definition) is 2. The van der Waals surface area contributed by atoms with E-state index in [1.54, 1.807) is 24.4 Å². The number of carbonyl (C=O) groups excluding carboxylic acids is 1. The Morgan fingerprint density at radius 2 is 2.00 bits per heavy atom. The van der Waals surface area contributed by atoms with Crippen LogP contribution in [0.1, 0.15) is 11.1 Å². The van der Waals surface area contributed by atoms with E-state index < -0.39 is 0 Å². The Balaban J connectivity index is 2.11. The van der Waals surface area contributed by atoms with Crippen LogP contribution >= 0.6 is 11.6 Å². The third-order valence-corrected chi connectivity index (χ3v) is 3.31. The second-order valence-corrected chi connectivity index (χ2v) is 5.09. The van der Waals surface area contributed by atoms with Gasteiger partial charge in [0.1, 0.15) is 6.54 Å². The summed E-state index contributed by atoms with van der Waals surface area (Å²) in [6, 6.07) is 8.46. The van der Waals surface area contributed by atoms with Gasteiger partial charge in [0.15, 0.2) is 0 Å². The zero-order chi connectivity index (χ0) is 14.7. The number of rotatable bonds is 3. The number of carbonyl (C=O) groups is 1. The SMILES string of the molecule is Cc1ccc(=O)n(CC(=O)Nc2ccc(C)c(Cl)c2)c1. The summed E-state index contributed by atoms with van der Waals surface area (Å²) in [5.74, 6) is -0.266. The predicted molar refractivity (Wildman–Crippen MR) is 80.3 cm³/mol.